The third kappa shape index (κ3) is 4.81. The first-order valence-corrected chi connectivity index (χ1v) is 7.09. The van der Waals surface area contributed by atoms with Crippen LogP contribution in [0.4, 0.5) is 0 Å². The van der Waals surface area contributed by atoms with Crippen LogP contribution in [0.3, 0.4) is 0 Å². The summed E-state index contributed by atoms with van der Waals surface area (Å²) < 4.78 is 0. The van der Waals surface area contributed by atoms with Crippen molar-refractivity contribution in [2.75, 3.05) is 0 Å². The summed E-state index contributed by atoms with van der Waals surface area (Å²) in [6, 6.07) is 5.12. The molecule has 0 radical (unpaired) electrons. The van der Waals surface area contributed by atoms with E-state index >= 15 is 0 Å². The van der Waals surface area contributed by atoms with Crippen LogP contribution in [0.25, 0.3) is 0 Å². The summed E-state index contributed by atoms with van der Waals surface area (Å²) in [4.78, 5) is 12.1. The van der Waals surface area contributed by atoms with Crippen molar-refractivity contribution in [3.8, 4) is 0 Å². The number of halogens is 3. The summed E-state index contributed by atoms with van der Waals surface area (Å²) in [6.45, 7) is 5.59. The number of amides is 1. The van der Waals surface area contributed by atoms with Crippen LogP contribution < -0.4 is 11.1 Å². The summed E-state index contributed by atoms with van der Waals surface area (Å²) >= 11 is 12.1. The van der Waals surface area contributed by atoms with E-state index in [1.807, 2.05) is 19.9 Å². The lowest BCUT2D eigenvalue weighted by Crippen LogP contribution is -2.52. The molecule has 20 heavy (non-hydrogen) atoms. The van der Waals surface area contributed by atoms with Gasteiger partial charge in [-0.3, -0.25) is 4.79 Å². The molecule has 0 aliphatic heterocycles. The second-order valence-electron chi connectivity index (χ2n) is 5.01. The van der Waals surface area contributed by atoms with Gasteiger partial charge in [0, 0.05) is 0 Å². The normalized spacial score (nSPS) is 14.9. The van der Waals surface area contributed by atoms with Crippen LogP contribution in [0.5, 0.6) is 0 Å². The van der Waals surface area contributed by atoms with Crippen molar-refractivity contribution in [3.05, 3.63) is 33.8 Å². The molecule has 1 amide bonds. The van der Waals surface area contributed by atoms with Crippen molar-refractivity contribution in [1.82, 2.24) is 5.32 Å². The van der Waals surface area contributed by atoms with E-state index in [1.165, 1.54) is 0 Å². The molecule has 0 bridgehead atoms. The quantitative estimate of drug-likeness (QED) is 0.848. The van der Waals surface area contributed by atoms with Crippen LogP contribution in [0, 0.1) is 0 Å². The molecule has 0 saturated heterocycles. The second kappa shape index (κ2) is 8.08. The van der Waals surface area contributed by atoms with E-state index in [0.717, 1.165) is 12.0 Å². The van der Waals surface area contributed by atoms with E-state index in [9.17, 15) is 4.79 Å². The number of carbonyl (C=O) groups excluding carboxylic acids is 1. The van der Waals surface area contributed by atoms with E-state index < -0.39 is 5.54 Å². The molecule has 1 aromatic carbocycles. The standard InChI is InChI=1S/C14H20Cl2N2O.ClH/c1-4-8-14(3,17)13(19)18-9(2)10-6-5-7-11(15)12(10)16;/h5-7,9H,4,8,17H2,1-3H3,(H,18,19);1H. The Kier molecular flexibility index (Phi) is 7.89. The molecule has 0 aliphatic rings. The summed E-state index contributed by atoms with van der Waals surface area (Å²) in [6.07, 6.45) is 1.49. The molecule has 0 saturated carbocycles. The van der Waals surface area contributed by atoms with E-state index in [2.05, 4.69) is 5.32 Å². The highest BCUT2D eigenvalue weighted by Crippen LogP contribution is 2.30. The SMILES string of the molecule is CCCC(C)(N)C(=O)NC(C)c1cccc(Cl)c1Cl.Cl. The Bertz CT molecular complexity index is 464. The molecule has 0 fully saturated rings. The molecule has 2 atom stereocenters. The number of benzene rings is 1. The molecule has 3 N–H and O–H groups in total. The number of hydrogen-bond acceptors (Lipinski definition) is 2. The second-order valence-corrected chi connectivity index (χ2v) is 5.79. The number of carbonyl (C=O) groups is 1. The molecule has 1 rings (SSSR count). The maximum absolute atomic E-state index is 12.1. The zero-order valence-corrected chi connectivity index (χ0v) is 14.2. The van der Waals surface area contributed by atoms with Crippen molar-refractivity contribution in [3.63, 3.8) is 0 Å². The van der Waals surface area contributed by atoms with Gasteiger partial charge in [0.05, 0.1) is 21.6 Å². The average Bonchev–Trinajstić information content (AvgIpc) is 2.32. The summed E-state index contributed by atoms with van der Waals surface area (Å²) in [5.41, 5.74) is 5.91. The van der Waals surface area contributed by atoms with E-state index in [1.54, 1.807) is 19.1 Å². The lowest BCUT2D eigenvalue weighted by Gasteiger charge is -2.26. The predicted octanol–water partition coefficient (Wildman–Crippen LogP) is 4.11. The molecule has 0 aliphatic carbocycles. The topological polar surface area (TPSA) is 55.1 Å². The smallest absolute Gasteiger partial charge is 0.240 e. The highest BCUT2D eigenvalue weighted by molar-refractivity contribution is 6.42. The number of nitrogens with one attached hydrogen (secondary N) is 1. The van der Waals surface area contributed by atoms with Crippen molar-refractivity contribution < 1.29 is 4.79 Å². The fraction of sp³-hybridized carbons (Fsp3) is 0.500. The lowest BCUT2D eigenvalue weighted by molar-refractivity contribution is -0.126. The van der Waals surface area contributed by atoms with Gasteiger partial charge in [-0.1, -0.05) is 48.7 Å². The lowest BCUT2D eigenvalue weighted by atomic mass is 9.95. The van der Waals surface area contributed by atoms with Gasteiger partial charge in [0.2, 0.25) is 5.91 Å². The van der Waals surface area contributed by atoms with Crippen molar-refractivity contribution in [2.45, 2.75) is 45.2 Å². The van der Waals surface area contributed by atoms with E-state index in [4.69, 9.17) is 28.9 Å². The monoisotopic (exact) mass is 338 g/mol. The fourth-order valence-electron chi connectivity index (χ4n) is 1.93. The van der Waals surface area contributed by atoms with E-state index in [0.29, 0.717) is 16.5 Å². The summed E-state index contributed by atoms with van der Waals surface area (Å²) in [7, 11) is 0. The summed E-state index contributed by atoms with van der Waals surface area (Å²) in [5, 5.41) is 3.82. The average molecular weight is 340 g/mol. The van der Waals surface area contributed by atoms with E-state index in [-0.39, 0.29) is 24.4 Å². The Balaban J connectivity index is 0.00000361. The largest absolute Gasteiger partial charge is 0.348 e. The Hall–Kier alpha value is -0.480. The highest BCUT2D eigenvalue weighted by Gasteiger charge is 2.28. The molecule has 0 spiro atoms. The molecule has 0 aromatic heterocycles. The first kappa shape index (κ1) is 19.5. The molecule has 0 heterocycles. The molecular weight excluding hydrogens is 319 g/mol. The van der Waals surface area contributed by atoms with Crippen LogP contribution in [-0.4, -0.2) is 11.4 Å². The van der Waals surface area contributed by atoms with Gasteiger partial charge in [0.1, 0.15) is 0 Å². The molecule has 114 valence electrons. The minimum atomic E-state index is -0.867. The number of rotatable bonds is 5. The minimum absolute atomic E-state index is 0. The Morgan fingerprint density at radius 3 is 2.60 bits per heavy atom. The molecular formula is C14H21Cl3N2O. The van der Waals surface area contributed by atoms with Gasteiger partial charge in [-0.25, -0.2) is 0 Å². The van der Waals surface area contributed by atoms with Gasteiger partial charge in [-0.2, -0.15) is 0 Å². The predicted molar refractivity (Wildman–Crippen MR) is 87.8 cm³/mol. The molecule has 2 unspecified atom stereocenters. The van der Waals surface area contributed by atoms with Gasteiger partial charge >= 0.3 is 0 Å². The molecule has 6 heteroatoms. The number of nitrogens with two attached hydrogens (primary N) is 1. The van der Waals surface area contributed by atoms with Crippen LogP contribution in [0.2, 0.25) is 10.0 Å². The van der Waals surface area contributed by atoms with Gasteiger partial charge in [-0.05, 0) is 31.9 Å². The highest BCUT2D eigenvalue weighted by atomic mass is 35.5. The third-order valence-electron chi connectivity index (χ3n) is 3.08. The third-order valence-corrected chi connectivity index (χ3v) is 3.92. The Labute approximate surface area is 136 Å². The van der Waals surface area contributed by atoms with Crippen LogP contribution in [0.1, 0.15) is 45.2 Å². The summed E-state index contributed by atoms with van der Waals surface area (Å²) in [5.74, 6) is -0.183. The zero-order valence-electron chi connectivity index (χ0n) is 11.9. The van der Waals surface area contributed by atoms with Gasteiger partial charge in [-0.15, -0.1) is 12.4 Å². The maximum Gasteiger partial charge on any atom is 0.240 e. The fourth-order valence-corrected chi connectivity index (χ4v) is 2.40. The molecule has 1 aromatic rings. The minimum Gasteiger partial charge on any atom is -0.348 e. The number of hydrogen-bond donors (Lipinski definition) is 2. The first-order chi connectivity index (χ1) is 8.79. The zero-order chi connectivity index (χ0) is 14.6. The Morgan fingerprint density at radius 2 is 2.05 bits per heavy atom. The van der Waals surface area contributed by atoms with Gasteiger partial charge < -0.3 is 11.1 Å². The van der Waals surface area contributed by atoms with Crippen LogP contribution >= 0.6 is 35.6 Å². The van der Waals surface area contributed by atoms with Crippen LogP contribution in [-0.2, 0) is 4.79 Å². The molecule has 3 nitrogen and oxygen atoms in total. The van der Waals surface area contributed by atoms with Gasteiger partial charge in [0.25, 0.3) is 0 Å². The van der Waals surface area contributed by atoms with Crippen molar-refractivity contribution >= 4 is 41.5 Å². The first-order valence-electron chi connectivity index (χ1n) is 6.33. The Morgan fingerprint density at radius 1 is 1.45 bits per heavy atom. The van der Waals surface area contributed by atoms with Crippen LogP contribution in [0.15, 0.2) is 18.2 Å². The van der Waals surface area contributed by atoms with Gasteiger partial charge in [0.15, 0.2) is 0 Å². The maximum atomic E-state index is 12.1. The van der Waals surface area contributed by atoms with Crippen molar-refractivity contribution in [1.29, 1.82) is 0 Å². The van der Waals surface area contributed by atoms with Crippen molar-refractivity contribution in [2.24, 2.45) is 5.73 Å².